The summed E-state index contributed by atoms with van der Waals surface area (Å²) < 4.78 is 4.90. The fourth-order valence-corrected chi connectivity index (χ4v) is 1.25. The number of nitrogens with zero attached hydrogens (tertiary/aromatic N) is 1. The highest BCUT2D eigenvalue weighted by atomic mass is 16.5. The Labute approximate surface area is 89.5 Å². The highest BCUT2D eigenvalue weighted by Crippen LogP contribution is 2.04. The Balaban J connectivity index is 2.42. The summed E-state index contributed by atoms with van der Waals surface area (Å²) in [7, 11) is 1.62. The van der Waals surface area contributed by atoms with Gasteiger partial charge in [-0.1, -0.05) is 0 Å². The first kappa shape index (κ1) is 11.8. The number of hydrogen-bond donors (Lipinski definition) is 1. The number of ketones is 1. The summed E-state index contributed by atoms with van der Waals surface area (Å²) in [6, 6.07) is 3.35. The van der Waals surface area contributed by atoms with Crippen molar-refractivity contribution in [2.75, 3.05) is 13.7 Å². The number of hydrogen-bond acceptors (Lipinski definition) is 4. The number of methoxy groups -OCH3 is 1. The molecule has 1 rings (SSSR count). The maximum absolute atomic E-state index is 11.7. The zero-order valence-electron chi connectivity index (χ0n) is 8.85. The van der Waals surface area contributed by atoms with E-state index in [2.05, 4.69) is 4.98 Å². The maximum atomic E-state index is 11.7. The standard InChI is InChI=1S/C11H16N2O2/c1-15-6-4-10(12)7-11(14)9-3-2-5-13-8-9/h2-3,5,8,10H,4,6-7,12H2,1H3. The molecule has 4 heteroatoms. The van der Waals surface area contributed by atoms with E-state index >= 15 is 0 Å². The SMILES string of the molecule is COCCC(N)CC(=O)c1cccnc1. The van der Waals surface area contributed by atoms with E-state index in [-0.39, 0.29) is 11.8 Å². The van der Waals surface area contributed by atoms with Crippen LogP contribution in [-0.4, -0.2) is 30.5 Å². The van der Waals surface area contributed by atoms with E-state index in [1.807, 2.05) is 0 Å². The molecule has 15 heavy (non-hydrogen) atoms. The zero-order valence-corrected chi connectivity index (χ0v) is 8.85. The third-order valence-electron chi connectivity index (χ3n) is 2.12. The van der Waals surface area contributed by atoms with Crippen molar-refractivity contribution in [3.8, 4) is 0 Å². The Kier molecular flexibility index (Phi) is 4.93. The largest absolute Gasteiger partial charge is 0.385 e. The van der Waals surface area contributed by atoms with Crippen LogP contribution in [0.15, 0.2) is 24.5 Å². The van der Waals surface area contributed by atoms with Gasteiger partial charge in [-0.25, -0.2) is 0 Å². The molecule has 1 heterocycles. The summed E-state index contributed by atoms with van der Waals surface area (Å²) in [5.41, 5.74) is 6.39. The van der Waals surface area contributed by atoms with Crippen LogP contribution >= 0.6 is 0 Å². The molecule has 0 aromatic carbocycles. The molecule has 2 N–H and O–H groups in total. The number of rotatable bonds is 6. The molecule has 0 radical (unpaired) electrons. The molecule has 4 nitrogen and oxygen atoms in total. The van der Waals surface area contributed by atoms with Gasteiger partial charge in [-0.2, -0.15) is 0 Å². The third-order valence-corrected chi connectivity index (χ3v) is 2.12. The van der Waals surface area contributed by atoms with E-state index in [1.54, 1.807) is 31.6 Å². The van der Waals surface area contributed by atoms with E-state index < -0.39 is 0 Å². The lowest BCUT2D eigenvalue weighted by Gasteiger charge is -2.09. The lowest BCUT2D eigenvalue weighted by molar-refractivity contribution is 0.0966. The van der Waals surface area contributed by atoms with Gasteiger partial charge >= 0.3 is 0 Å². The van der Waals surface area contributed by atoms with Gasteiger partial charge in [0.2, 0.25) is 0 Å². The normalized spacial score (nSPS) is 12.4. The molecular formula is C11H16N2O2. The predicted octanol–water partition coefficient (Wildman–Crippen LogP) is 1.02. The molecule has 1 aromatic heterocycles. The summed E-state index contributed by atoms with van der Waals surface area (Å²) >= 11 is 0. The minimum Gasteiger partial charge on any atom is -0.385 e. The average molecular weight is 208 g/mol. The topological polar surface area (TPSA) is 65.2 Å². The number of nitrogens with two attached hydrogens (primary N) is 1. The highest BCUT2D eigenvalue weighted by Gasteiger charge is 2.11. The molecule has 0 saturated carbocycles. The van der Waals surface area contributed by atoms with Crippen LogP contribution in [0.3, 0.4) is 0 Å². The van der Waals surface area contributed by atoms with Crippen molar-refractivity contribution in [1.82, 2.24) is 4.98 Å². The van der Waals surface area contributed by atoms with E-state index in [0.717, 1.165) is 0 Å². The van der Waals surface area contributed by atoms with Crippen LogP contribution < -0.4 is 5.73 Å². The van der Waals surface area contributed by atoms with Crippen LogP contribution in [0.4, 0.5) is 0 Å². The average Bonchev–Trinajstić information content (AvgIpc) is 2.27. The number of Topliss-reactive ketones (excluding diaryl/α,β-unsaturated/α-hetero) is 1. The van der Waals surface area contributed by atoms with Crippen LogP contribution in [0, 0.1) is 0 Å². The van der Waals surface area contributed by atoms with Crippen molar-refractivity contribution in [1.29, 1.82) is 0 Å². The van der Waals surface area contributed by atoms with Gasteiger partial charge in [0.25, 0.3) is 0 Å². The molecule has 0 aliphatic heterocycles. The minimum atomic E-state index is -0.141. The number of pyridine rings is 1. The van der Waals surface area contributed by atoms with Gasteiger partial charge in [0.15, 0.2) is 5.78 Å². The number of carbonyl (C=O) groups excluding carboxylic acids is 1. The van der Waals surface area contributed by atoms with E-state index in [1.165, 1.54) is 0 Å². The first-order valence-electron chi connectivity index (χ1n) is 4.91. The molecule has 1 atom stereocenters. The van der Waals surface area contributed by atoms with Crippen LogP contribution in [0.5, 0.6) is 0 Å². The summed E-state index contributed by atoms with van der Waals surface area (Å²) in [5.74, 6) is 0.0340. The molecule has 0 saturated heterocycles. The van der Waals surface area contributed by atoms with Crippen molar-refractivity contribution in [2.45, 2.75) is 18.9 Å². The molecule has 1 aromatic rings. The Morgan fingerprint density at radius 1 is 1.67 bits per heavy atom. The lowest BCUT2D eigenvalue weighted by atomic mass is 10.0. The summed E-state index contributed by atoms with van der Waals surface area (Å²) in [4.78, 5) is 15.5. The quantitative estimate of drug-likeness (QED) is 0.709. The Bertz CT molecular complexity index is 301. The fourth-order valence-electron chi connectivity index (χ4n) is 1.25. The van der Waals surface area contributed by atoms with Crippen LogP contribution in [0.2, 0.25) is 0 Å². The second kappa shape index (κ2) is 6.27. The van der Waals surface area contributed by atoms with Gasteiger partial charge in [-0.05, 0) is 18.6 Å². The summed E-state index contributed by atoms with van der Waals surface area (Å²) in [6.07, 6.45) is 4.24. The Morgan fingerprint density at radius 3 is 3.07 bits per heavy atom. The van der Waals surface area contributed by atoms with Crippen molar-refractivity contribution in [3.05, 3.63) is 30.1 Å². The van der Waals surface area contributed by atoms with Crippen LogP contribution in [0.1, 0.15) is 23.2 Å². The van der Waals surface area contributed by atoms with Crippen molar-refractivity contribution in [2.24, 2.45) is 5.73 Å². The predicted molar refractivity (Wildman–Crippen MR) is 57.7 cm³/mol. The van der Waals surface area contributed by atoms with Gasteiger partial charge in [0, 0.05) is 44.1 Å². The number of aromatic nitrogens is 1. The molecular weight excluding hydrogens is 192 g/mol. The first-order valence-corrected chi connectivity index (χ1v) is 4.91. The molecule has 82 valence electrons. The third kappa shape index (κ3) is 4.18. The second-order valence-corrected chi connectivity index (χ2v) is 3.41. The van der Waals surface area contributed by atoms with Gasteiger partial charge < -0.3 is 10.5 Å². The fraction of sp³-hybridized carbons (Fsp3) is 0.455. The summed E-state index contributed by atoms with van der Waals surface area (Å²) in [5, 5.41) is 0. The van der Waals surface area contributed by atoms with E-state index in [9.17, 15) is 4.79 Å². The summed E-state index contributed by atoms with van der Waals surface area (Å²) in [6.45, 7) is 0.585. The van der Waals surface area contributed by atoms with Crippen LogP contribution in [-0.2, 0) is 4.74 Å². The van der Waals surface area contributed by atoms with Gasteiger partial charge in [0.05, 0.1) is 0 Å². The van der Waals surface area contributed by atoms with E-state index in [0.29, 0.717) is 25.0 Å². The lowest BCUT2D eigenvalue weighted by Crippen LogP contribution is -2.25. The highest BCUT2D eigenvalue weighted by molar-refractivity contribution is 5.96. The molecule has 0 fully saturated rings. The van der Waals surface area contributed by atoms with Crippen molar-refractivity contribution in [3.63, 3.8) is 0 Å². The number of ether oxygens (including phenoxy) is 1. The van der Waals surface area contributed by atoms with Crippen molar-refractivity contribution >= 4 is 5.78 Å². The zero-order chi connectivity index (χ0) is 11.1. The molecule has 0 spiro atoms. The smallest absolute Gasteiger partial charge is 0.165 e. The van der Waals surface area contributed by atoms with Gasteiger partial charge in [0.1, 0.15) is 0 Å². The van der Waals surface area contributed by atoms with Gasteiger partial charge in [-0.15, -0.1) is 0 Å². The molecule has 0 amide bonds. The molecule has 1 unspecified atom stereocenters. The minimum absolute atomic E-state index is 0.0340. The monoisotopic (exact) mass is 208 g/mol. The molecule has 0 aliphatic carbocycles. The van der Waals surface area contributed by atoms with E-state index in [4.69, 9.17) is 10.5 Å². The Morgan fingerprint density at radius 2 is 2.47 bits per heavy atom. The first-order chi connectivity index (χ1) is 7.24. The maximum Gasteiger partial charge on any atom is 0.165 e. The second-order valence-electron chi connectivity index (χ2n) is 3.41. The van der Waals surface area contributed by atoms with Gasteiger partial charge in [-0.3, -0.25) is 9.78 Å². The Hall–Kier alpha value is -1.26. The van der Waals surface area contributed by atoms with Crippen molar-refractivity contribution < 1.29 is 9.53 Å². The molecule has 0 aliphatic rings. The molecule has 0 bridgehead atoms. The van der Waals surface area contributed by atoms with Crippen LogP contribution in [0.25, 0.3) is 0 Å². The number of carbonyl (C=O) groups is 1.